The lowest BCUT2D eigenvalue weighted by Crippen LogP contribution is -1.85. The summed E-state index contributed by atoms with van der Waals surface area (Å²) in [7, 11) is 1.40. The van der Waals surface area contributed by atoms with E-state index in [9.17, 15) is 20.1 Å². The number of benzene rings is 2. The molecule has 1 heterocycles. The lowest BCUT2D eigenvalue weighted by molar-refractivity contribution is 0.112. The van der Waals surface area contributed by atoms with Crippen LogP contribution in [0.3, 0.4) is 0 Å². The number of methoxy groups -OCH3 is 1. The third-order valence-corrected chi connectivity index (χ3v) is 3.37. The molecule has 2 aromatic carbocycles. The highest BCUT2D eigenvalue weighted by Crippen LogP contribution is 2.41. The van der Waals surface area contributed by atoms with Crippen molar-refractivity contribution >= 4 is 17.3 Å². The summed E-state index contributed by atoms with van der Waals surface area (Å²) in [6.07, 6.45) is 0.583. The van der Waals surface area contributed by atoms with Gasteiger partial charge in [0.05, 0.1) is 18.2 Å². The second kappa shape index (κ2) is 5.00. The van der Waals surface area contributed by atoms with Gasteiger partial charge in [-0.15, -0.1) is 0 Å². The number of furan rings is 1. The lowest BCUT2D eigenvalue weighted by Gasteiger charge is -2.02. The van der Waals surface area contributed by atoms with Crippen molar-refractivity contribution in [1.82, 2.24) is 0 Å². The van der Waals surface area contributed by atoms with Gasteiger partial charge in [-0.25, -0.2) is 0 Å². The van der Waals surface area contributed by atoms with E-state index in [1.165, 1.54) is 31.4 Å². The van der Waals surface area contributed by atoms with Gasteiger partial charge in [-0.3, -0.25) is 4.79 Å². The van der Waals surface area contributed by atoms with Gasteiger partial charge in [0.15, 0.2) is 17.8 Å². The summed E-state index contributed by atoms with van der Waals surface area (Å²) in [5.74, 6) is -0.0987. The Morgan fingerprint density at radius 2 is 1.86 bits per heavy atom. The van der Waals surface area contributed by atoms with Crippen LogP contribution in [0.25, 0.3) is 22.3 Å². The van der Waals surface area contributed by atoms with E-state index in [4.69, 9.17) is 9.15 Å². The summed E-state index contributed by atoms with van der Waals surface area (Å²) in [5.41, 5.74) is 0.780. The maximum absolute atomic E-state index is 11.4. The maximum Gasteiger partial charge on any atom is 0.164 e. The largest absolute Gasteiger partial charge is 0.508 e. The molecule has 0 saturated carbocycles. The molecule has 0 spiro atoms. The van der Waals surface area contributed by atoms with E-state index in [2.05, 4.69) is 0 Å². The first-order chi connectivity index (χ1) is 10.5. The first kappa shape index (κ1) is 13.8. The van der Waals surface area contributed by atoms with Crippen molar-refractivity contribution < 1.29 is 29.3 Å². The molecule has 0 radical (unpaired) electrons. The Morgan fingerprint density at radius 3 is 2.50 bits per heavy atom. The van der Waals surface area contributed by atoms with Crippen LogP contribution in [0.15, 0.2) is 34.7 Å². The van der Waals surface area contributed by atoms with Gasteiger partial charge in [0.2, 0.25) is 0 Å². The van der Waals surface area contributed by atoms with E-state index in [1.807, 2.05) is 0 Å². The smallest absolute Gasteiger partial charge is 0.164 e. The number of phenols is 3. The van der Waals surface area contributed by atoms with Gasteiger partial charge >= 0.3 is 0 Å². The van der Waals surface area contributed by atoms with Crippen molar-refractivity contribution in [3.05, 3.63) is 35.9 Å². The molecule has 6 heteroatoms. The molecule has 3 aromatic rings. The molecule has 3 rings (SSSR count). The van der Waals surface area contributed by atoms with E-state index < -0.39 is 0 Å². The minimum Gasteiger partial charge on any atom is -0.508 e. The number of aromatic hydroxyl groups is 3. The van der Waals surface area contributed by atoms with Crippen LogP contribution in [0, 0.1) is 0 Å². The summed E-state index contributed by atoms with van der Waals surface area (Å²) in [5, 5.41) is 29.5. The Bertz CT molecular complexity index is 878. The second-order valence-electron chi connectivity index (χ2n) is 4.68. The van der Waals surface area contributed by atoms with Crippen LogP contribution in [0.5, 0.6) is 23.0 Å². The highest BCUT2D eigenvalue weighted by atomic mass is 16.5. The SMILES string of the molecule is COc1cc2oc(-c3ccc(O)cc3O)c(C=O)c2cc1O. The van der Waals surface area contributed by atoms with Crippen molar-refractivity contribution in [2.75, 3.05) is 7.11 Å². The zero-order chi connectivity index (χ0) is 15.9. The first-order valence-electron chi connectivity index (χ1n) is 6.36. The van der Waals surface area contributed by atoms with E-state index >= 15 is 0 Å². The number of rotatable bonds is 3. The van der Waals surface area contributed by atoms with Gasteiger partial charge in [0.25, 0.3) is 0 Å². The molecule has 0 aliphatic heterocycles. The fourth-order valence-corrected chi connectivity index (χ4v) is 2.32. The van der Waals surface area contributed by atoms with Crippen molar-refractivity contribution in [2.45, 2.75) is 0 Å². The van der Waals surface area contributed by atoms with Crippen LogP contribution in [-0.4, -0.2) is 28.7 Å². The topological polar surface area (TPSA) is 100 Å². The van der Waals surface area contributed by atoms with E-state index in [1.54, 1.807) is 0 Å². The van der Waals surface area contributed by atoms with Gasteiger partial charge in [0, 0.05) is 17.5 Å². The van der Waals surface area contributed by atoms with E-state index in [-0.39, 0.29) is 39.9 Å². The molecule has 1 aromatic heterocycles. The highest BCUT2D eigenvalue weighted by Gasteiger charge is 2.20. The summed E-state index contributed by atoms with van der Waals surface area (Å²) >= 11 is 0. The Kier molecular flexibility index (Phi) is 3.14. The molecule has 0 bridgehead atoms. The fraction of sp³-hybridized carbons (Fsp3) is 0.0625. The molecule has 0 saturated heterocycles. The zero-order valence-corrected chi connectivity index (χ0v) is 11.5. The number of phenolic OH excluding ortho intramolecular Hbond substituents is 3. The van der Waals surface area contributed by atoms with E-state index in [0.717, 1.165) is 6.07 Å². The van der Waals surface area contributed by atoms with Crippen LogP contribution in [0.2, 0.25) is 0 Å². The molecule has 112 valence electrons. The zero-order valence-electron chi connectivity index (χ0n) is 11.5. The van der Waals surface area contributed by atoms with Gasteiger partial charge < -0.3 is 24.5 Å². The molecule has 3 N–H and O–H groups in total. The molecule has 0 atom stereocenters. The molecular weight excluding hydrogens is 288 g/mol. The minimum absolute atomic E-state index is 0.107. The van der Waals surface area contributed by atoms with Crippen LogP contribution >= 0.6 is 0 Å². The van der Waals surface area contributed by atoms with Crippen LogP contribution < -0.4 is 4.74 Å². The van der Waals surface area contributed by atoms with Crippen molar-refractivity contribution in [3.8, 4) is 34.3 Å². The third kappa shape index (κ3) is 2.01. The fourth-order valence-electron chi connectivity index (χ4n) is 2.32. The Labute approximate surface area is 124 Å². The molecule has 0 unspecified atom stereocenters. The van der Waals surface area contributed by atoms with Gasteiger partial charge in [-0.1, -0.05) is 0 Å². The summed E-state index contributed by atoms with van der Waals surface area (Å²) in [4.78, 5) is 11.4. The number of hydrogen-bond donors (Lipinski definition) is 3. The van der Waals surface area contributed by atoms with Crippen LogP contribution in [-0.2, 0) is 0 Å². The summed E-state index contributed by atoms with van der Waals surface area (Å²) in [6.45, 7) is 0. The first-order valence-corrected chi connectivity index (χ1v) is 6.36. The normalized spacial score (nSPS) is 10.8. The minimum atomic E-state index is -0.224. The quantitative estimate of drug-likeness (QED) is 0.643. The summed E-state index contributed by atoms with van der Waals surface area (Å²) in [6, 6.07) is 6.78. The highest BCUT2D eigenvalue weighted by molar-refractivity contribution is 6.04. The number of hydrogen-bond acceptors (Lipinski definition) is 6. The predicted molar refractivity (Wildman–Crippen MR) is 78.6 cm³/mol. The number of fused-ring (bicyclic) bond motifs is 1. The number of ether oxygens (including phenoxy) is 1. The molecule has 0 fully saturated rings. The predicted octanol–water partition coefficient (Wildman–Crippen LogP) is 3.04. The third-order valence-electron chi connectivity index (χ3n) is 3.37. The average Bonchev–Trinajstić information content (AvgIpc) is 2.83. The maximum atomic E-state index is 11.4. The number of aldehydes is 1. The standard InChI is InChI=1S/C16H12O6/c1-21-15-6-14-10(5-13(15)20)11(7-17)16(22-14)9-3-2-8(18)4-12(9)19/h2-7,18-20H,1H3. The van der Waals surface area contributed by atoms with Crippen LogP contribution in [0.4, 0.5) is 0 Å². The van der Waals surface area contributed by atoms with Crippen molar-refractivity contribution in [1.29, 1.82) is 0 Å². The summed E-state index contributed by atoms with van der Waals surface area (Å²) < 4.78 is 10.6. The van der Waals surface area contributed by atoms with Gasteiger partial charge in [0.1, 0.15) is 22.8 Å². The Balaban J connectivity index is 2.32. The van der Waals surface area contributed by atoms with Crippen molar-refractivity contribution in [2.24, 2.45) is 0 Å². The van der Waals surface area contributed by atoms with E-state index in [0.29, 0.717) is 17.3 Å². The molecule has 0 aliphatic rings. The second-order valence-corrected chi connectivity index (χ2v) is 4.68. The average molecular weight is 300 g/mol. The monoisotopic (exact) mass is 300 g/mol. The van der Waals surface area contributed by atoms with Crippen LogP contribution in [0.1, 0.15) is 10.4 Å². The van der Waals surface area contributed by atoms with Crippen molar-refractivity contribution in [3.63, 3.8) is 0 Å². The van der Waals surface area contributed by atoms with Gasteiger partial charge in [-0.05, 0) is 18.2 Å². The molecule has 0 amide bonds. The molecule has 22 heavy (non-hydrogen) atoms. The number of carbonyl (C=O) groups is 1. The number of carbonyl (C=O) groups excluding carboxylic acids is 1. The lowest BCUT2D eigenvalue weighted by atomic mass is 10.1. The Hall–Kier alpha value is -3.15. The molecule has 6 nitrogen and oxygen atoms in total. The molecular formula is C16H12O6. The Morgan fingerprint density at radius 1 is 1.09 bits per heavy atom. The van der Waals surface area contributed by atoms with Gasteiger partial charge in [-0.2, -0.15) is 0 Å². The molecule has 0 aliphatic carbocycles.